The molecule has 0 saturated heterocycles. The van der Waals surface area contributed by atoms with E-state index in [4.69, 9.17) is 0 Å². The molecule has 1 heteroatoms. The number of aromatic nitrogens is 1. The highest BCUT2D eigenvalue weighted by Gasteiger charge is 2.65. The number of pyridine rings is 1. The normalized spacial score (nSPS) is 22.2. The minimum absolute atomic E-state index is 0.0381. The second-order valence-electron chi connectivity index (χ2n) is 9.53. The highest BCUT2D eigenvalue weighted by molar-refractivity contribution is 5.56. The van der Waals surface area contributed by atoms with Gasteiger partial charge in [0.15, 0.2) is 17.4 Å². The Balaban J connectivity index is 1.75. The second kappa shape index (κ2) is 7.45. The zero-order valence-corrected chi connectivity index (χ0v) is 18.7. The van der Waals surface area contributed by atoms with Gasteiger partial charge in [-0.2, -0.15) is 4.57 Å². The van der Waals surface area contributed by atoms with Crippen molar-refractivity contribution in [2.45, 2.75) is 49.5 Å². The summed E-state index contributed by atoms with van der Waals surface area (Å²) in [6.45, 7) is 2.31. The monoisotopic (exact) mass is 416 g/mol. The molecule has 3 aromatic carbocycles. The van der Waals surface area contributed by atoms with E-state index in [0.29, 0.717) is 0 Å². The summed E-state index contributed by atoms with van der Waals surface area (Å²) in [5.74, 6) is 0.285. The molecule has 3 heterocycles. The van der Waals surface area contributed by atoms with Gasteiger partial charge in [-0.25, -0.2) is 0 Å². The topological polar surface area (TPSA) is 3.88 Å². The van der Waals surface area contributed by atoms with Crippen LogP contribution in [0.2, 0.25) is 0 Å². The molecule has 1 aliphatic carbocycles. The Morgan fingerprint density at radius 3 is 2.06 bits per heavy atom. The van der Waals surface area contributed by atoms with Crippen LogP contribution in [-0.4, -0.2) is 0 Å². The summed E-state index contributed by atoms with van der Waals surface area (Å²) < 4.78 is 2.64. The lowest BCUT2D eigenvalue weighted by molar-refractivity contribution is -0.774. The third-order valence-corrected chi connectivity index (χ3v) is 8.01. The van der Waals surface area contributed by atoms with Crippen LogP contribution in [0.1, 0.15) is 66.5 Å². The Labute approximate surface area is 191 Å². The van der Waals surface area contributed by atoms with Gasteiger partial charge in [0.25, 0.3) is 0 Å². The van der Waals surface area contributed by atoms with Gasteiger partial charge in [0.2, 0.25) is 0 Å². The van der Waals surface area contributed by atoms with Crippen LogP contribution in [0.5, 0.6) is 0 Å². The van der Waals surface area contributed by atoms with E-state index in [2.05, 4.69) is 121 Å². The molecular formula is C31H30N+. The number of hydrogen-bond donors (Lipinski definition) is 0. The Kier molecular flexibility index (Phi) is 4.54. The number of fused-ring (bicyclic) bond motifs is 1. The first-order valence-electron chi connectivity index (χ1n) is 12.0. The van der Waals surface area contributed by atoms with Crippen molar-refractivity contribution in [2.75, 3.05) is 0 Å². The maximum absolute atomic E-state index is 2.64. The van der Waals surface area contributed by atoms with E-state index < -0.39 is 0 Å². The van der Waals surface area contributed by atoms with Crippen LogP contribution < -0.4 is 4.57 Å². The number of nitrogens with zero attached hydrogens (tertiary/aromatic N) is 1. The first kappa shape index (κ1) is 19.5. The third kappa shape index (κ3) is 2.54. The molecule has 2 aliphatic heterocycles. The van der Waals surface area contributed by atoms with Crippen LogP contribution in [0.3, 0.4) is 0 Å². The summed E-state index contributed by atoms with van der Waals surface area (Å²) in [5, 5.41) is 0. The molecule has 7 rings (SSSR count). The van der Waals surface area contributed by atoms with Crippen molar-refractivity contribution in [3.8, 4) is 0 Å². The SMILES string of the molecule is CCCCC12CC(c3ccccc3)(c3ccccc3)C(c3ccccc31)c1cccc[n+]12. The number of hydrogen-bond acceptors (Lipinski definition) is 0. The van der Waals surface area contributed by atoms with E-state index in [9.17, 15) is 0 Å². The predicted molar refractivity (Wildman–Crippen MR) is 130 cm³/mol. The van der Waals surface area contributed by atoms with Crippen molar-refractivity contribution < 1.29 is 4.57 Å². The van der Waals surface area contributed by atoms with E-state index in [1.54, 1.807) is 0 Å². The lowest BCUT2D eigenvalue weighted by Crippen LogP contribution is -2.70. The van der Waals surface area contributed by atoms with Crippen LogP contribution in [0.15, 0.2) is 109 Å². The fourth-order valence-electron chi connectivity index (χ4n) is 6.79. The highest BCUT2D eigenvalue weighted by Crippen LogP contribution is 2.62. The summed E-state index contributed by atoms with van der Waals surface area (Å²) in [7, 11) is 0. The first-order valence-corrected chi connectivity index (χ1v) is 12.0. The molecule has 0 amide bonds. The van der Waals surface area contributed by atoms with E-state index in [1.165, 1.54) is 40.8 Å². The Morgan fingerprint density at radius 2 is 1.38 bits per heavy atom. The molecule has 158 valence electrons. The summed E-state index contributed by atoms with van der Waals surface area (Å²) in [6.07, 6.45) is 7.03. The number of rotatable bonds is 5. The van der Waals surface area contributed by atoms with E-state index in [-0.39, 0.29) is 16.9 Å². The molecule has 32 heavy (non-hydrogen) atoms. The van der Waals surface area contributed by atoms with Crippen molar-refractivity contribution in [3.63, 3.8) is 0 Å². The fourth-order valence-corrected chi connectivity index (χ4v) is 6.79. The van der Waals surface area contributed by atoms with Crippen LogP contribution in [0.25, 0.3) is 0 Å². The molecule has 0 saturated carbocycles. The van der Waals surface area contributed by atoms with Crippen molar-refractivity contribution in [1.82, 2.24) is 0 Å². The average molecular weight is 417 g/mol. The third-order valence-electron chi connectivity index (χ3n) is 8.01. The van der Waals surface area contributed by atoms with Gasteiger partial charge in [-0.05, 0) is 23.1 Å². The van der Waals surface area contributed by atoms with Crippen LogP contribution >= 0.6 is 0 Å². The van der Waals surface area contributed by atoms with Gasteiger partial charge in [0, 0.05) is 36.0 Å². The fraction of sp³-hybridized carbons (Fsp3) is 0.258. The molecule has 2 unspecified atom stereocenters. The first-order chi connectivity index (χ1) is 15.8. The summed E-state index contributed by atoms with van der Waals surface area (Å²) in [6, 6.07) is 38.7. The highest BCUT2D eigenvalue weighted by atomic mass is 15.1. The molecule has 1 nitrogen and oxygen atoms in total. The van der Waals surface area contributed by atoms with Gasteiger partial charge in [0.1, 0.15) is 0 Å². The maximum Gasteiger partial charge on any atom is 0.194 e. The van der Waals surface area contributed by atoms with E-state index >= 15 is 0 Å². The van der Waals surface area contributed by atoms with Gasteiger partial charge < -0.3 is 0 Å². The Bertz CT molecular complexity index is 1150. The molecule has 0 N–H and O–H groups in total. The lowest BCUT2D eigenvalue weighted by Gasteiger charge is -2.55. The van der Waals surface area contributed by atoms with Crippen molar-refractivity contribution in [3.05, 3.63) is 137 Å². The van der Waals surface area contributed by atoms with Gasteiger partial charge in [-0.15, -0.1) is 0 Å². The van der Waals surface area contributed by atoms with Crippen molar-refractivity contribution >= 4 is 0 Å². The molecule has 2 bridgehead atoms. The van der Waals surface area contributed by atoms with Gasteiger partial charge in [0.05, 0.1) is 5.92 Å². The standard InChI is InChI=1S/C31H30N/c1-2-3-21-30-23-31(24-14-6-4-7-15-24,25-16-8-5-9-17-25)29(26-18-10-11-19-27(26)30)28-20-12-13-22-32(28)30/h4-20,22,29H,2-3,21,23H2,1H3/q+1. The predicted octanol–water partition coefficient (Wildman–Crippen LogP) is 6.74. The van der Waals surface area contributed by atoms with Gasteiger partial charge in [-0.1, -0.05) is 104 Å². The van der Waals surface area contributed by atoms with Crippen molar-refractivity contribution in [2.24, 2.45) is 0 Å². The number of unbranched alkanes of at least 4 members (excludes halogenated alkanes) is 1. The maximum atomic E-state index is 2.64. The Morgan fingerprint density at radius 1 is 0.750 bits per heavy atom. The van der Waals surface area contributed by atoms with Crippen LogP contribution in [-0.2, 0) is 11.0 Å². The van der Waals surface area contributed by atoms with Crippen molar-refractivity contribution in [1.29, 1.82) is 0 Å². The Hall–Kier alpha value is -3.19. The summed E-state index contributed by atoms with van der Waals surface area (Å²) in [5.41, 5.74) is 7.22. The average Bonchev–Trinajstić information content (AvgIpc) is 2.88. The molecule has 0 radical (unpaired) electrons. The lowest BCUT2D eigenvalue weighted by atomic mass is 9.49. The quantitative estimate of drug-likeness (QED) is 0.317. The van der Waals surface area contributed by atoms with Crippen LogP contribution in [0.4, 0.5) is 0 Å². The molecule has 0 spiro atoms. The van der Waals surface area contributed by atoms with Gasteiger partial charge in [-0.3, -0.25) is 0 Å². The molecule has 4 aromatic rings. The second-order valence-corrected chi connectivity index (χ2v) is 9.53. The molecule has 3 aliphatic rings. The smallest absolute Gasteiger partial charge is 0.192 e. The molecule has 0 fully saturated rings. The molecule has 2 atom stereocenters. The van der Waals surface area contributed by atoms with E-state index in [0.717, 1.165) is 12.8 Å². The summed E-state index contributed by atoms with van der Waals surface area (Å²) in [4.78, 5) is 0. The summed E-state index contributed by atoms with van der Waals surface area (Å²) >= 11 is 0. The minimum atomic E-state index is -0.0913. The van der Waals surface area contributed by atoms with Gasteiger partial charge >= 0.3 is 0 Å². The number of benzene rings is 3. The zero-order valence-electron chi connectivity index (χ0n) is 18.7. The molecule has 1 aromatic heterocycles. The molecular weight excluding hydrogens is 386 g/mol. The van der Waals surface area contributed by atoms with E-state index in [1.807, 2.05) is 0 Å². The van der Waals surface area contributed by atoms with Crippen LogP contribution in [0, 0.1) is 0 Å². The minimum Gasteiger partial charge on any atom is -0.192 e. The zero-order chi connectivity index (χ0) is 21.6. The largest absolute Gasteiger partial charge is 0.194 e.